The van der Waals surface area contributed by atoms with Gasteiger partial charge in [0.25, 0.3) is 5.91 Å². The summed E-state index contributed by atoms with van der Waals surface area (Å²) in [6.07, 6.45) is 0. The molecule has 1 amide bonds. The average Bonchev–Trinajstić information content (AvgIpc) is 3.02. The van der Waals surface area contributed by atoms with Crippen molar-refractivity contribution in [3.8, 4) is 0 Å². The van der Waals surface area contributed by atoms with Gasteiger partial charge in [-0.05, 0) is 31.5 Å². The molecule has 140 valence electrons. The van der Waals surface area contributed by atoms with Gasteiger partial charge in [0.05, 0.1) is 10.3 Å². The number of carbonyl (C=O) groups excluding carboxylic acids is 2. The summed E-state index contributed by atoms with van der Waals surface area (Å²) in [5.41, 5.74) is 1.53. The van der Waals surface area contributed by atoms with Gasteiger partial charge in [-0.25, -0.2) is 22.9 Å². The second-order valence-corrected chi connectivity index (χ2v) is 6.83. The lowest BCUT2D eigenvalue weighted by Gasteiger charge is -2.07. The summed E-state index contributed by atoms with van der Waals surface area (Å²) < 4.78 is 45.1. The molecule has 0 spiro atoms. The minimum atomic E-state index is -1.63. The highest BCUT2D eigenvalue weighted by atomic mass is 32.1. The monoisotopic (exact) mass is 394 g/mol. The van der Waals surface area contributed by atoms with E-state index in [1.807, 2.05) is 13.0 Å². The third-order valence-electron chi connectivity index (χ3n) is 3.72. The van der Waals surface area contributed by atoms with Crippen molar-refractivity contribution >= 4 is 38.6 Å². The Morgan fingerprint density at radius 3 is 2.63 bits per heavy atom. The molecule has 5 nitrogen and oxygen atoms in total. The van der Waals surface area contributed by atoms with Crippen molar-refractivity contribution in [2.75, 3.05) is 11.9 Å². The average molecular weight is 394 g/mol. The number of ether oxygens (including phenoxy) is 1. The van der Waals surface area contributed by atoms with E-state index in [9.17, 15) is 22.8 Å². The SMILES string of the molecule is Cc1ccc(C)c(C(=O)OCC(=O)Nc2nc3c(F)c(F)c(F)cc3s2)c1. The first-order chi connectivity index (χ1) is 12.8. The Kier molecular flexibility index (Phi) is 5.13. The maximum Gasteiger partial charge on any atom is 0.338 e. The number of hydrogen-bond acceptors (Lipinski definition) is 5. The Morgan fingerprint density at radius 2 is 1.89 bits per heavy atom. The van der Waals surface area contributed by atoms with Gasteiger partial charge in [0.1, 0.15) is 5.52 Å². The number of rotatable bonds is 4. The van der Waals surface area contributed by atoms with Crippen LogP contribution in [0.5, 0.6) is 0 Å². The van der Waals surface area contributed by atoms with Crippen molar-refractivity contribution in [2.24, 2.45) is 0 Å². The topological polar surface area (TPSA) is 68.3 Å². The van der Waals surface area contributed by atoms with Crippen molar-refractivity contribution in [1.82, 2.24) is 4.98 Å². The van der Waals surface area contributed by atoms with Crippen molar-refractivity contribution in [3.05, 3.63) is 58.4 Å². The molecule has 0 unspecified atom stereocenters. The first-order valence-electron chi connectivity index (χ1n) is 7.74. The van der Waals surface area contributed by atoms with Gasteiger partial charge in [-0.1, -0.05) is 29.0 Å². The number of aryl methyl sites for hydroxylation is 2. The third-order valence-corrected chi connectivity index (χ3v) is 4.63. The number of carbonyl (C=O) groups is 2. The maximum atomic E-state index is 13.7. The minimum absolute atomic E-state index is 0.0362. The molecule has 0 aliphatic heterocycles. The number of aromatic nitrogens is 1. The van der Waals surface area contributed by atoms with Crippen LogP contribution in [0.25, 0.3) is 10.2 Å². The Morgan fingerprint density at radius 1 is 1.15 bits per heavy atom. The predicted octanol–water partition coefficient (Wildman–Crippen LogP) is 4.13. The summed E-state index contributed by atoms with van der Waals surface area (Å²) in [6.45, 7) is 2.97. The zero-order valence-electron chi connectivity index (χ0n) is 14.2. The van der Waals surface area contributed by atoms with E-state index in [0.717, 1.165) is 23.0 Å². The van der Waals surface area contributed by atoms with E-state index in [4.69, 9.17) is 4.74 Å². The molecule has 3 aromatic rings. The first kappa shape index (κ1) is 18.8. The van der Waals surface area contributed by atoms with Crippen LogP contribution in [0.3, 0.4) is 0 Å². The van der Waals surface area contributed by atoms with Crippen LogP contribution in [-0.2, 0) is 9.53 Å². The van der Waals surface area contributed by atoms with Gasteiger partial charge in [0.15, 0.2) is 29.2 Å². The number of nitrogens with zero attached hydrogens (tertiary/aromatic N) is 1. The molecule has 0 fully saturated rings. The van der Waals surface area contributed by atoms with E-state index < -0.39 is 35.9 Å². The maximum absolute atomic E-state index is 13.7. The van der Waals surface area contributed by atoms with Gasteiger partial charge in [-0.3, -0.25) is 10.1 Å². The number of thiazole rings is 1. The molecule has 0 bridgehead atoms. The molecule has 0 aliphatic rings. The normalized spacial score (nSPS) is 10.9. The molecule has 1 heterocycles. The van der Waals surface area contributed by atoms with E-state index >= 15 is 0 Å². The number of fused-ring (bicyclic) bond motifs is 1. The summed E-state index contributed by atoms with van der Waals surface area (Å²) in [6, 6.07) is 6.05. The number of benzene rings is 2. The largest absolute Gasteiger partial charge is 0.452 e. The Labute approximate surface area is 155 Å². The molecule has 0 saturated carbocycles. The fraction of sp³-hybridized carbons (Fsp3) is 0.167. The van der Waals surface area contributed by atoms with Gasteiger partial charge in [0.2, 0.25) is 0 Å². The van der Waals surface area contributed by atoms with Crippen molar-refractivity contribution < 1.29 is 27.5 Å². The number of anilines is 1. The van der Waals surface area contributed by atoms with E-state index in [-0.39, 0.29) is 15.3 Å². The predicted molar refractivity (Wildman–Crippen MR) is 94.3 cm³/mol. The van der Waals surface area contributed by atoms with Crippen molar-refractivity contribution in [1.29, 1.82) is 0 Å². The summed E-state index contributed by atoms with van der Waals surface area (Å²) in [5, 5.41) is 2.24. The number of amides is 1. The number of nitrogens with one attached hydrogen (secondary N) is 1. The van der Waals surface area contributed by atoms with Gasteiger partial charge in [-0.15, -0.1) is 0 Å². The fourth-order valence-corrected chi connectivity index (χ4v) is 3.25. The minimum Gasteiger partial charge on any atom is -0.452 e. The quantitative estimate of drug-likeness (QED) is 0.534. The standard InChI is InChI=1S/C18H13F3N2O3S/c1-8-3-4-9(2)10(5-8)17(25)26-7-13(24)22-18-23-16-12(27-18)6-11(19)14(20)15(16)21/h3-6H,7H2,1-2H3,(H,22,23,24). The summed E-state index contributed by atoms with van der Waals surface area (Å²) in [5.74, 6) is -5.78. The molecule has 0 radical (unpaired) electrons. The molecule has 9 heteroatoms. The highest BCUT2D eigenvalue weighted by Crippen LogP contribution is 2.30. The van der Waals surface area contributed by atoms with Crippen molar-refractivity contribution in [2.45, 2.75) is 13.8 Å². The number of hydrogen-bond donors (Lipinski definition) is 1. The van der Waals surface area contributed by atoms with E-state index in [2.05, 4.69) is 10.3 Å². The van der Waals surface area contributed by atoms with Gasteiger partial charge in [-0.2, -0.15) is 0 Å². The van der Waals surface area contributed by atoms with Crippen LogP contribution in [0.1, 0.15) is 21.5 Å². The third kappa shape index (κ3) is 3.92. The fourth-order valence-electron chi connectivity index (χ4n) is 2.35. The zero-order chi connectivity index (χ0) is 19.7. The van der Waals surface area contributed by atoms with E-state index in [1.54, 1.807) is 19.1 Å². The zero-order valence-corrected chi connectivity index (χ0v) is 15.0. The molecule has 1 N–H and O–H groups in total. The Bertz CT molecular complexity index is 1070. The van der Waals surface area contributed by atoms with Crippen LogP contribution in [0, 0.1) is 31.3 Å². The highest BCUT2D eigenvalue weighted by molar-refractivity contribution is 7.22. The lowest BCUT2D eigenvalue weighted by molar-refractivity contribution is -0.119. The smallest absolute Gasteiger partial charge is 0.338 e. The summed E-state index contributed by atoms with van der Waals surface area (Å²) in [7, 11) is 0. The van der Waals surface area contributed by atoms with Gasteiger partial charge < -0.3 is 4.74 Å². The van der Waals surface area contributed by atoms with E-state index in [1.165, 1.54) is 0 Å². The molecule has 2 aromatic carbocycles. The van der Waals surface area contributed by atoms with E-state index in [0.29, 0.717) is 11.1 Å². The lowest BCUT2D eigenvalue weighted by Crippen LogP contribution is -2.21. The first-order valence-corrected chi connectivity index (χ1v) is 8.56. The van der Waals surface area contributed by atoms with Crippen LogP contribution in [-0.4, -0.2) is 23.5 Å². The summed E-state index contributed by atoms with van der Waals surface area (Å²) >= 11 is 0.767. The summed E-state index contributed by atoms with van der Waals surface area (Å²) in [4.78, 5) is 27.7. The molecular weight excluding hydrogens is 381 g/mol. The molecule has 0 atom stereocenters. The second-order valence-electron chi connectivity index (χ2n) is 5.79. The van der Waals surface area contributed by atoms with Crippen LogP contribution in [0.4, 0.5) is 18.3 Å². The molecule has 0 saturated heterocycles. The molecule has 3 rings (SSSR count). The molecule has 0 aliphatic carbocycles. The number of halogens is 3. The second kappa shape index (κ2) is 7.36. The van der Waals surface area contributed by atoms with Crippen LogP contribution >= 0.6 is 11.3 Å². The van der Waals surface area contributed by atoms with Gasteiger partial charge in [0, 0.05) is 0 Å². The van der Waals surface area contributed by atoms with Crippen LogP contribution < -0.4 is 5.32 Å². The Hall–Kier alpha value is -2.94. The van der Waals surface area contributed by atoms with Crippen molar-refractivity contribution in [3.63, 3.8) is 0 Å². The highest BCUT2D eigenvalue weighted by Gasteiger charge is 2.19. The number of esters is 1. The molecular formula is C18H13F3N2O3S. The molecule has 1 aromatic heterocycles. The lowest BCUT2D eigenvalue weighted by atomic mass is 10.1. The van der Waals surface area contributed by atoms with Crippen LogP contribution in [0.2, 0.25) is 0 Å². The Balaban J connectivity index is 1.67. The van der Waals surface area contributed by atoms with Gasteiger partial charge >= 0.3 is 5.97 Å². The molecule has 27 heavy (non-hydrogen) atoms. The van der Waals surface area contributed by atoms with Crippen LogP contribution in [0.15, 0.2) is 24.3 Å².